The molecule has 2 aromatic carbocycles. The number of ether oxygens (including phenoxy) is 2. The van der Waals surface area contributed by atoms with Crippen molar-refractivity contribution in [2.24, 2.45) is 5.92 Å². The van der Waals surface area contributed by atoms with Gasteiger partial charge in [-0.2, -0.15) is 0 Å². The predicted octanol–water partition coefficient (Wildman–Crippen LogP) is 2.84. The fourth-order valence-electron chi connectivity index (χ4n) is 4.97. The summed E-state index contributed by atoms with van der Waals surface area (Å²) in [7, 11) is -4.13. The number of hydrogen-bond donors (Lipinski definition) is 3. The van der Waals surface area contributed by atoms with Gasteiger partial charge in [0.05, 0.1) is 22.9 Å². The van der Waals surface area contributed by atoms with Gasteiger partial charge < -0.3 is 14.6 Å². The number of hydroxylamine groups is 1. The number of nitrogens with one attached hydrogen (secondary N) is 1. The van der Waals surface area contributed by atoms with Crippen LogP contribution in [0.5, 0.6) is 11.6 Å². The van der Waals surface area contributed by atoms with Crippen LogP contribution >= 0.6 is 0 Å². The molecule has 11 nitrogen and oxygen atoms in total. The minimum Gasteiger partial charge on any atom is -0.494 e. The number of aromatic hydroxyl groups is 1. The molecule has 2 heterocycles. The van der Waals surface area contributed by atoms with E-state index < -0.39 is 20.5 Å². The van der Waals surface area contributed by atoms with Crippen molar-refractivity contribution >= 4 is 15.7 Å². The van der Waals surface area contributed by atoms with Crippen LogP contribution in [0.4, 0.5) is 0 Å². The lowest BCUT2D eigenvalue weighted by molar-refractivity contribution is -0.134. The van der Waals surface area contributed by atoms with Crippen molar-refractivity contribution in [2.75, 3.05) is 19.8 Å². The van der Waals surface area contributed by atoms with Gasteiger partial charge in [-0.1, -0.05) is 32.0 Å². The lowest BCUT2D eigenvalue weighted by atomic mass is 9.98. The molecule has 0 spiro atoms. The summed E-state index contributed by atoms with van der Waals surface area (Å²) in [4.78, 5) is 25.6. The first-order valence-corrected chi connectivity index (χ1v) is 14.7. The van der Waals surface area contributed by atoms with Crippen LogP contribution in [0.1, 0.15) is 38.8 Å². The van der Waals surface area contributed by atoms with Gasteiger partial charge in [0.1, 0.15) is 5.75 Å². The number of amides is 1. The molecule has 1 fully saturated rings. The molecule has 1 aliphatic rings. The number of sulfone groups is 1. The third-order valence-corrected chi connectivity index (χ3v) is 9.60. The fourth-order valence-corrected chi connectivity index (χ4v) is 6.91. The van der Waals surface area contributed by atoms with Gasteiger partial charge in [0.25, 0.3) is 5.91 Å². The molecular formula is C28H35N3O8S. The van der Waals surface area contributed by atoms with Gasteiger partial charge in [-0.15, -0.1) is 0 Å². The first-order chi connectivity index (χ1) is 19.1. The molecule has 12 heteroatoms. The standard InChI is InChI=1S/C28H35N3O8S/c1-20(2)19-24-25(32)30(27(34)31(24)21-7-4-3-5-8-21)15-6-16-39-22-9-11-23(12-10-22)40(36,37)28(26(33)29-35)13-17-38-18-14-28/h3-5,7-12,20,32,35H,6,13-19H2,1-2H3,(H,29,33). The van der Waals surface area contributed by atoms with E-state index in [4.69, 9.17) is 9.47 Å². The van der Waals surface area contributed by atoms with E-state index >= 15 is 0 Å². The maximum Gasteiger partial charge on any atom is 0.335 e. The van der Waals surface area contributed by atoms with Crippen LogP contribution in [0.2, 0.25) is 0 Å². The summed E-state index contributed by atoms with van der Waals surface area (Å²) in [6, 6.07) is 14.9. The molecule has 1 amide bonds. The number of rotatable bonds is 11. The minimum atomic E-state index is -4.13. The second-order valence-electron chi connectivity index (χ2n) is 10.2. The zero-order valence-corrected chi connectivity index (χ0v) is 23.4. The van der Waals surface area contributed by atoms with Crippen molar-refractivity contribution < 1.29 is 33.0 Å². The lowest BCUT2D eigenvalue weighted by Crippen LogP contribution is -2.54. The molecule has 0 unspecified atom stereocenters. The fraction of sp³-hybridized carbons (Fsp3) is 0.429. The predicted molar refractivity (Wildman–Crippen MR) is 147 cm³/mol. The summed E-state index contributed by atoms with van der Waals surface area (Å²) >= 11 is 0. The molecule has 3 aromatic rings. The molecule has 216 valence electrons. The van der Waals surface area contributed by atoms with Crippen LogP contribution in [0.15, 0.2) is 64.3 Å². The monoisotopic (exact) mass is 573 g/mol. The lowest BCUT2D eigenvalue weighted by Gasteiger charge is -2.34. The molecule has 4 rings (SSSR count). The Balaban J connectivity index is 1.44. The quantitative estimate of drug-likeness (QED) is 0.180. The Kier molecular flexibility index (Phi) is 9.02. The highest BCUT2D eigenvalue weighted by Gasteiger charge is 2.52. The van der Waals surface area contributed by atoms with E-state index in [0.29, 0.717) is 30.0 Å². The van der Waals surface area contributed by atoms with Crippen molar-refractivity contribution in [2.45, 2.75) is 55.7 Å². The Labute approximate surface area is 232 Å². The Morgan fingerprint density at radius 2 is 1.75 bits per heavy atom. The molecule has 1 aliphatic heterocycles. The number of para-hydroxylation sites is 1. The van der Waals surface area contributed by atoms with E-state index in [1.807, 2.05) is 44.2 Å². The van der Waals surface area contributed by atoms with Crippen molar-refractivity contribution in [1.82, 2.24) is 14.6 Å². The molecule has 0 atom stereocenters. The van der Waals surface area contributed by atoms with E-state index in [1.165, 1.54) is 38.9 Å². The van der Waals surface area contributed by atoms with Crippen LogP contribution < -0.4 is 15.9 Å². The van der Waals surface area contributed by atoms with E-state index in [1.54, 1.807) is 0 Å². The second kappa shape index (κ2) is 12.3. The topological polar surface area (TPSA) is 149 Å². The maximum atomic E-state index is 13.4. The first kappa shape index (κ1) is 29.4. The van der Waals surface area contributed by atoms with Gasteiger partial charge in [0, 0.05) is 19.8 Å². The summed E-state index contributed by atoms with van der Waals surface area (Å²) in [6.45, 7) is 4.64. The third kappa shape index (κ3) is 5.65. The van der Waals surface area contributed by atoms with Crippen LogP contribution in [0.25, 0.3) is 5.69 Å². The van der Waals surface area contributed by atoms with Crippen LogP contribution in [0.3, 0.4) is 0 Å². The molecule has 40 heavy (non-hydrogen) atoms. The van der Waals surface area contributed by atoms with Crippen LogP contribution in [0, 0.1) is 5.92 Å². The number of hydrogen-bond acceptors (Lipinski definition) is 8. The minimum absolute atomic E-state index is 0.0638. The van der Waals surface area contributed by atoms with E-state index in [2.05, 4.69) is 0 Å². The Morgan fingerprint density at radius 1 is 1.10 bits per heavy atom. The van der Waals surface area contributed by atoms with Crippen molar-refractivity contribution in [3.63, 3.8) is 0 Å². The van der Waals surface area contributed by atoms with Crippen LogP contribution in [-0.4, -0.2) is 58.3 Å². The molecule has 0 saturated carbocycles. The molecule has 0 bridgehead atoms. The molecule has 0 aliphatic carbocycles. The number of benzene rings is 2. The Morgan fingerprint density at radius 3 is 2.35 bits per heavy atom. The van der Waals surface area contributed by atoms with Gasteiger partial charge in [0.15, 0.2) is 14.6 Å². The summed E-state index contributed by atoms with van der Waals surface area (Å²) in [5.74, 6) is -0.408. The highest BCUT2D eigenvalue weighted by molar-refractivity contribution is 7.93. The number of carbonyl (C=O) groups excluding carboxylic acids is 1. The summed E-state index contributed by atoms with van der Waals surface area (Å²) in [5, 5.41) is 20.1. The number of nitrogens with zero attached hydrogens (tertiary/aromatic N) is 2. The Bertz CT molecular complexity index is 1470. The zero-order valence-electron chi connectivity index (χ0n) is 22.6. The smallest absolute Gasteiger partial charge is 0.335 e. The first-order valence-electron chi connectivity index (χ1n) is 13.2. The number of imidazole rings is 1. The van der Waals surface area contributed by atoms with Crippen molar-refractivity contribution in [3.8, 4) is 17.3 Å². The second-order valence-corrected chi connectivity index (χ2v) is 12.5. The van der Waals surface area contributed by atoms with Gasteiger partial charge >= 0.3 is 5.69 Å². The van der Waals surface area contributed by atoms with E-state index in [0.717, 1.165) is 0 Å². The van der Waals surface area contributed by atoms with Crippen molar-refractivity contribution in [3.05, 3.63) is 70.8 Å². The highest BCUT2D eigenvalue weighted by atomic mass is 32.2. The maximum absolute atomic E-state index is 13.4. The number of carbonyl (C=O) groups is 1. The van der Waals surface area contributed by atoms with Crippen molar-refractivity contribution in [1.29, 1.82) is 0 Å². The third-order valence-electron chi connectivity index (χ3n) is 7.08. The number of aromatic nitrogens is 2. The molecule has 1 saturated heterocycles. The molecule has 3 N–H and O–H groups in total. The van der Waals surface area contributed by atoms with E-state index in [-0.39, 0.29) is 61.6 Å². The van der Waals surface area contributed by atoms with Gasteiger partial charge in [-0.25, -0.2) is 18.7 Å². The van der Waals surface area contributed by atoms with Gasteiger partial charge in [0.2, 0.25) is 5.88 Å². The summed E-state index contributed by atoms with van der Waals surface area (Å²) < 4.78 is 38.8. The SMILES string of the molecule is CC(C)Cc1c(O)n(CCCOc2ccc(S(=O)(=O)C3(C(=O)NO)CCOCC3)cc2)c(=O)n1-c1ccccc1. The molecule has 0 radical (unpaired) electrons. The molecular weight excluding hydrogens is 538 g/mol. The zero-order chi connectivity index (χ0) is 28.9. The van der Waals surface area contributed by atoms with E-state index in [9.17, 15) is 28.3 Å². The largest absolute Gasteiger partial charge is 0.494 e. The average molecular weight is 574 g/mol. The van der Waals surface area contributed by atoms with Gasteiger partial charge in [-0.05, 0) is 68.0 Å². The highest BCUT2D eigenvalue weighted by Crippen LogP contribution is 2.36. The summed E-state index contributed by atoms with van der Waals surface area (Å²) in [5.41, 5.74) is 2.41. The average Bonchev–Trinajstić information content (AvgIpc) is 3.19. The van der Waals surface area contributed by atoms with Gasteiger partial charge in [-0.3, -0.25) is 19.1 Å². The normalized spacial score (nSPS) is 15.2. The molecule has 1 aromatic heterocycles. The Hall–Kier alpha value is -3.61. The summed E-state index contributed by atoms with van der Waals surface area (Å²) in [6.07, 6.45) is 0.796. The van der Waals surface area contributed by atoms with Crippen LogP contribution in [-0.2, 0) is 32.3 Å².